The number of fused-ring (bicyclic) bond motifs is 1. The summed E-state index contributed by atoms with van der Waals surface area (Å²) in [5.41, 5.74) is 5.32. The Bertz CT molecular complexity index is 635. The highest BCUT2D eigenvalue weighted by Gasteiger charge is 2.24. The maximum atomic E-state index is 5.54. The highest BCUT2D eigenvalue weighted by Crippen LogP contribution is 2.37. The van der Waals surface area contributed by atoms with E-state index in [2.05, 4.69) is 61.6 Å². The normalized spacial score (nSPS) is 20.5. The van der Waals surface area contributed by atoms with E-state index in [1.54, 1.807) is 7.11 Å². The Morgan fingerprint density at radius 2 is 2.00 bits per heavy atom. The van der Waals surface area contributed by atoms with Crippen LogP contribution >= 0.6 is 0 Å². The molecule has 21 heavy (non-hydrogen) atoms. The van der Waals surface area contributed by atoms with Gasteiger partial charge >= 0.3 is 0 Å². The Morgan fingerprint density at radius 1 is 1.19 bits per heavy atom. The van der Waals surface area contributed by atoms with Crippen LogP contribution in [0.3, 0.4) is 0 Å². The Balaban J connectivity index is 1.93. The van der Waals surface area contributed by atoms with Crippen molar-refractivity contribution < 1.29 is 4.74 Å². The highest BCUT2D eigenvalue weighted by atomic mass is 16.5. The molecule has 2 heteroatoms. The summed E-state index contributed by atoms with van der Waals surface area (Å²) in [6.07, 6.45) is 2.20. The zero-order valence-corrected chi connectivity index (χ0v) is 13.0. The molecule has 0 saturated heterocycles. The quantitative estimate of drug-likeness (QED) is 0.892. The molecule has 110 valence electrons. The van der Waals surface area contributed by atoms with Gasteiger partial charge in [-0.25, -0.2) is 0 Å². The number of methoxy groups -OCH3 is 1. The van der Waals surface area contributed by atoms with E-state index in [1.165, 1.54) is 22.4 Å². The Kier molecular flexibility index (Phi) is 3.87. The molecule has 0 saturated carbocycles. The van der Waals surface area contributed by atoms with Gasteiger partial charge in [-0.05, 0) is 55.9 Å². The molecule has 1 aliphatic rings. The minimum absolute atomic E-state index is 0.515. The lowest BCUT2D eigenvalue weighted by atomic mass is 9.83. The molecule has 0 aliphatic carbocycles. The number of nitrogens with one attached hydrogen (secondary N) is 1. The van der Waals surface area contributed by atoms with E-state index in [4.69, 9.17) is 4.74 Å². The largest absolute Gasteiger partial charge is 0.496 e. The van der Waals surface area contributed by atoms with Gasteiger partial charge < -0.3 is 10.1 Å². The van der Waals surface area contributed by atoms with Gasteiger partial charge in [0.25, 0.3) is 0 Å². The van der Waals surface area contributed by atoms with Crippen molar-refractivity contribution in [1.29, 1.82) is 0 Å². The lowest BCUT2D eigenvalue weighted by Gasteiger charge is -2.31. The zero-order chi connectivity index (χ0) is 14.8. The minimum Gasteiger partial charge on any atom is -0.496 e. The van der Waals surface area contributed by atoms with Gasteiger partial charge in [0.1, 0.15) is 5.75 Å². The third-order valence-corrected chi connectivity index (χ3v) is 4.34. The molecule has 0 spiro atoms. The number of ether oxygens (including phenoxy) is 1. The number of hydrogen-bond acceptors (Lipinski definition) is 2. The molecule has 0 radical (unpaired) electrons. The maximum absolute atomic E-state index is 5.54. The molecule has 0 amide bonds. The fourth-order valence-electron chi connectivity index (χ4n) is 3.39. The molecule has 2 unspecified atom stereocenters. The summed E-state index contributed by atoms with van der Waals surface area (Å²) in [6, 6.07) is 15.6. The van der Waals surface area contributed by atoms with Crippen LogP contribution in [0, 0.1) is 6.92 Å². The number of anilines is 1. The van der Waals surface area contributed by atoms with Crippen LogP contribution in [-0.2, 0) is 6.42 Å². The molecule has 0 fully saturated rings. The molecule has 3 rings (SSSR count). The van der Waals surface area contributed by atoms with Gasteiger partial charge in [-0.1, -0.05) is 35.9 Å². The van der Waals surface area contributed by atoms with Crippen molar-refractivity contribution in [1.82, 2.24) is 0 Å². The summed E-state index contributed by atoms with van der Waals surface area (Å²) in [5, 5.41) is 3.58. The average Bonchev–Trinajstić information content (AvgIpc) is 2.47. The van der Waals surface area contributed by atoms with E-state index in [0.717, 1.165) is 18.6 Å². The summed E-state index contributed by atoms with van der Waals surface area (Å²) in [5.74, 6) is 1.55. The number of hydrogen-bond donors (Lipinski definition) is 1. The number of aryl methyl sites for hydroxylation is 1. The van der Waals surface area contributed by atoms with E-state index < -0.39 is 0 Å². The first-order chi connectivity index (χ1) is 10.2. The smallest absolute Gasteiger partial charge is 0.122 e. The predicted molar refractivity (Wildman–Crippen MR) is 88.3 cm³/mol. The molecule has 1 heterocycles. The maximum Gasteiger partial charge on any atom is 0.122 e. The number of benzene rings is 2. The van der Waals surface area contributed by atoms with E-state index in [9.17, 15) is 0 Å². The molecule has 2 atom stereocenters. The lowest BCUT2D eigenvalue weighted by Crippen LogP contribution is -2.26. The van der Waals surface area contributed by atoms with E-state index in [1.807, 2.05) is 0 Å². The summed E-state index contributed by atoms with van der Waals surface area (Å²) in [7, 11) is 1.76. The van der Waals surface area contributed by atoms with E-state index >= 15 is 0 Å². The zero-order valence-electron chi connectivity index (χ0n) is 13.0. The molecule has 0 bridgehead atoms. The summed E-state index contributed by atoms with van der Waals surface area (Å²) >= 11 is 0. The van der Waals surface area contributed by atoms with Crippen molar-refractivity contribution in [2.24, 2.45) is 0 Å². The third-order valence-electron chi connectivity index (χ3n) is 4.34. The van der Waals surface area contributed by atoms with Crippen molar-refractivity contribution in [3.63, 3.8) is 0 Å². The van der Waals surface area contributed by atoms with E-state index in [-0.39, 0.29) is 0 Å². The van der Waals surface area contributed by atoms with Crippen molar-refractivity contribution in [2.75, 3.05) is 12.4 Å². The first-order valence-electron chi connectivity index (χ1n) is 7.66. The third kappa shape index (κ3) is 2.90. The fraction of sp³-hybridized carbons (Fsp3) is 0.368. The number of para-hydroxylation sites is 1. The predicted octanol–water partition coefficient (Wildman–Crippen LogP) is 4.53. The molecule has 0 aromatic heterocycles. The van der Waals surface area contributed by atoms with Crippen LogP contribution in [-0.4, -0.2) is 13.2 Å². The van der Waals surface area contributed by atoms with Crippen LogP contribution in [0.1, 0.15) is 36.0 Å². The Labute approximate surface area is 127 Å². The van der Waals surface area contributed by atoms with Gasteiger partial charge in [0.05, 0.1) is 7.11 Å². The van der Waals surface area contributed by atoms with Crippen LogP contribution in [0.5, 0.6) is 5.75 Å². The first-order valence-corrected chi connectivity index (χ1v) is 7.66. The summed E-state index contributed by atoms with van der Waals surface area (Å²) in [6.45, 7) is 4.40. The van der Waals surface area contributed by atoms with Crippen molar-refractivity contribution in [2.45, 2.75) is 38.6 Å². The van der Waals surface area contributed by atoms with Crippen LogP contribution in [0.4, 0.5) is 5.69 Å². The molecular weight excluding hydrogens is 258 g/mol. The molecule has 1 N–H and O–H groups in total. The SMILES string of the molecule is COc1ccc(C)cc1CC1CC(C)Nc2ccccc21. The van der Waals surface area contributed by atoms with Crippen molar-refractivity contribution in [3.8, 4) is 5.75 Å². The Morgan fingerprint density at radius 3 is 2.81 bits per heavy atom. The van der Waals surface area contributed by atoms with Gasteiger partial charge in [-0.3, -0.25) is 0 Å². The van der Waals surface area contributed by atoms with Crippen molar-refractivity contribution in [3.05, 3.63) is 59.2 Å². The lowest BCUT2D eigenvalue weighted by molar-refractivity contribution is 0.406. The van der Waals surface area contributed by atoms with Gasteiger partial charge in [0.2, 0.25) is 0 Å². The van der Waals surface area contributed by atoms with Gasteiger partial charge in [0.15, 0.2) is 0 Å². The fourth-order valence-corrected chi connectivity index (χ4v) is 3.39. The second kappa shape index (κ2) is 5.80. The van der Waals surface area contributed by atoms with Crippen LogP contribution < -0.4 is 10.1 Å². The molecule has 1 aliphatic heterocycles. The number of rotatable bonds is 3. The minimum atomic E-state index is 0.515. The van der Waals surface area contributed by atoms with Gasteiger partial charge in [0, 0.05) is 11.7 Å². The second-order valence-corrected chi connectivity index (χ2v) is 6.08. The summed E-state index contributed by atoms with van der Waals surface area (Å²) in [4.78, 5) is 0. The van der Waals surface area contributed by atoms with Crippen LogP contribution in [0.25, 0.3) is 0 Å². The first kappa shape index (κ1) is 14.0. The van der Waals surface area contributed by atoms with Crippen LogP contribution in [0.2, 0.25) is 0 Å². The second-order valence-electron chi connectivity index (χ2n) is 6.08. The molecular formula is C19H23NO. The summed E-state index contributed by atoms with van der Waals surface area (Å²) < 4.78 is 5.54. The molecule has 2 aromatic rings. The monoisotopic (exact) mass is 281 g/mol. The van der Waals surface area contributed by atoms with Gasteiger partial charge in [-0.15, -0.1) is 0 Å². The van der Waals surface area contributed by atoms with Crippen molar-refractivity contribution >= 4 is 5.69 Å². The topological polar surface area (TPSA) is 21.3 Å². The molecule has 2 aromatic carbocycles. The Hall–Kier alpha value is -1.96. The van der Waals surface area contributed by atoms with E-state index in [0.29, 0.717) is 12.0 Å². The highest BCUT2D eigenvalue weighted by molar-refractivity contribution is 5.56. The molecule has 2 nitrogen and oxygen atoms in total. The van der Waals surface area contributed by atoms with Crippen LogP contribution in [0.15, 0.2) is 42.5 Å². The standard InChI is InChI=1S/C19H23NO/c1-13-8-9-19(21-3)16(10-13)12-15-11-14(2)20-18-7-5-4-6-17(15)18/h4-10,14-15,20H,11-12H2,1-3H3. The average molecular weight is 281 g/mol. The van der Waals surface area contributed by atoms with Gasteiger partial charge in [-0.2, -0.15) is 0 Å².